The van der Waals surface area contributed by atoms with Gasteiger partial charge in [-0.15, -0.1) is 0 Å². The molecule has 0 aromatic carbocycles. The lowest BCUT2D eigenvalue weighted by Crippen LogP contribution is -2.03. The summed E-state index contributed by atoms with van der Waals surface area (Å²) in [5.41, 5.74) is 4.32. The Balaban J connectivity index is 2.86. The number of hydrogen-bond donors (Lipinski definition) is 0. The summed E-state index contributed by atoms with van der Waals surface area (Å²) in [4.78, 5) is 4.53. The maximum absolute atomic E-state index is 4.53. The van der Waals surface area contributed by atoms with Gasteiger partial charge in [0.1, 0.15) is 0 Å². The Morgan fingerprint density at radius 2 is 2.00 bits per heavy atom. The molecule has 0 aliphatic heterocycles. The van der Waals surface area contributed by atoms with Crippen molar-refractivity contribution in [2.24, 2.45) is 0 Å². The van der Waals surface area contributed by atoms with E-state index in [0.29, 0.717) is 5.92 Å². The van der Waals surface area contributed by atoms with E-state index in [1.54, 1.807) is 0 Å². The van der Waals surface area contributed by atoms with Gasteiger partial charge in [0.05, 0.1) is 9.26 Å². The molecule has 0 atom stereocenters. The van der Waals surface area contributed by atoms with E-state index in [1.165, 1.54) is 5.69 Å². The zero-order chi connectivity index (χ0) is 11.2. The van der Waals surface area contributed by atoms with Crippen molar-refractivity contribution in [2.75, 3.05) is 0 Å². The van der Waals surface area contributed by atoms with Crippen molar-refractivity contribution in [3.8, 4) is 0 Å². The van der Waals surface area contributed by atoms with Gasteiger partial charge in [0.2, 0.25) is 0 Å². The van der Waals surface area contributed by atoms with Gasteiger partial charge in [-0.3, -0.25) is 0 Å². The highest BCUT2D eigenvalue weighted by Crippen LogP contribution is 2.21. The molecule has 2 rings (SSSR count). The number of aryl methyl sites for hydroxylation is 2. The number of halogens is 1. The molecule has 0 aliphatic carbocycles. The first-order valence-corrected chi connectivity index (χ1v) is 6.11. The smallest absolute Gasteiger partial charge is 0.169 e. The normalized spacial score (nSPS) is 11.6. The van der Waals surface area contributed by atoms with E-state index in [1.807, 2.05) is 18.4 Å². The van der Waals surface area contributed by atoms with Crippen molar-refractivity contribution < 1.29 is 0 Å². The van der Waals surface area contributed by atoms with Gasteiger partial charge in [0.15, 0.2) is 5.65 Å². The fourth-order valence-corrected chi connectivity index (χ4v) is 2.12. The van der Waals surface area contributed by atoms with E-state index < -0.39 is 0 Å². The van der Waals surface area contributed by atoms with Crippen LogP contribution in [0.25, 0.3) is 5.65 Å². The lowest BCUT2D eigenvalue weighted by Gasteiger charge is -2.08. The van der Waals surface area contributed by atoms with Crippen LogP contribution in [0.3, 0.4) is 0 Å². The van der Waals surface area contributed by atoms with Crippen LogP contribution in [0.2, 0.25) is 0 Å². The van der Waals surface area contributed by atoms with Gasteiger partial charge in [0, 0.05) is 11.4 Å². The SMILES string of the molecule is Cc1cc(C(C)C)n2nc(C)c(I)c2n1. The van der Waals surface area contributed by atoms with Crippen molar-refractivity contribution in [1.29, 1.82) is 0 Å². The Morgan fingerprint density at radius 1 is 1.33 bits per heavy atom. The van der Waals surface area contributed by atoms with Gasteiger partial charge in [-0.25, -0.2) is 9.50 Å². The Bertz CT molecular complexity index is 514. The monoisotopic (exact) mass is 315 g/mol. The van der Waals surface area contributed by atoms with E-state index in [2.05, 4.69) is 52.6 Å². The first kappa shape index (κ1) is 10.9. The Kier molecular flexibility index (Phi) is 2.70. The van der Waals surface area contributed by atoms with Gasteiger partial charge >= 0.3 is 0 Å². The largest absolute Gasteiger partial charge is 0.233 e. The number of hydrogen-bond acceptors (Lipinski definition) is 2. The fourth-order valence-electron chi connectivity index (χ4n) is 1.66. The van der Waals surface area contributed by atoms with Crippen molar-refractivity contribution in [3.63, 3.8) is 0 Å². The third-order valence-corrected chi connectivity index (χ3v) is 3.70. The Labute approximate surface area is 103 Å². The second-order valence-electron chi connectivity index (χ2n) is 4.11. The predicted octanol–water partition coefficient (Wildman–Crippen LogP) is 3.07. The molecular formula is C11H14IN3. The molecule has 0 saturated heterocycles. The first-order valence-electron chi connectivity index (χ1n) is 5.03. The van der Waals surface area contributed by atoms with Crippen LogP contribution in [0.5, 0.6) is 0 Å². The quantitative estimate of drug-likeness (QED) is 0.757. The molecule has 4 heteroatoms. The molecular weight excluding hydrogens is 301 g/mol. The van der Waals surface area contributed by atoms with Crippen LogP contribution in [-0.2, 0) is 0 Å². The lowest BCUT2D eigenvalue weighted by atomic mass is 10.1. The highest BCUT2D eigenvalue weighted by molar-refractivity contribution is 14.1. The number of fused-ring (bicyclic) bond motifs is 1. The zero-order valence-corrected chi connectivity index (χ0v) is 11.5. The van der Waals surface area contributed by atoms with E-state index in [4.69, 9.17) is 0 Å². The topological polar surface area (TPSA) is 30.2 Å². The minimum atomic E-state index is 0.462. The minimum Gasteiger partial charge on any atom is -0.233 e. The summed E-state index contributed by atoms with van der Waals surface area (Å²) in [5, 5.41) is 4.52. The third-order valence-electron chi connectivity index (χ3n) is 2.44. The fraction of sp³-hybridized carbons (Fsp3) is 0.455. The van der Waals surface area contributed by atoms with E-state index in [-0.39, 0.29) is 0 Å². The second-order valence-corrected chi connectivity index (χ2v) is 5.19. The van der Waals surface area contributed by atoms with Gasteiger partial charge < -0.3 is 0 Å². The van der Waals surface area contributed by atoms with Crippen LogP contribution in [-0.4, -0.2) is 14.6 Å². The predicted molar refractivity (Wildman–Crippen MR) is 69.3 cm³/mol. The Hall–Kier alpha value is -0.650. The molecule has 0 bridgehead atoms. The minimum absolute atomic E-state index is 0.462. The van der Waals surface area contributed by atoms with E-state index in [0.717, 1.165) is 20.6 Å². The van der Waals surface area contributed by atoms with Crippen LogP contribution < -0.4 is 0 Å². The molecule has 0 fully saturated rings. The highest BCUT2D eigenvalue weighted by Gasteiger charge is 2.13. The van der Waals surface area contributed by atoms with Crippen molar-refractivity contribution >= 4 is 28.2 Å². The molecule has 3 nitrogen and oxygen atoms in total. The average molecular weight is 315 g/mol. The molecule has 80 valence electrons. The summed E-state index contributed by atoms with van der Waals surface area (Å²) in [6, 6.07) is 2.11. The summed E-state index contributed by atoms with van der Waals surface area (Å²) in [6.07, 6.45) is 0. The summed E-state index contributed by atoms with van der Waals surface area (Å²) in [7, 11) is 0. The van der Waals surface area contributed by atoms with Gasteiger partial charge in [-0.1, -0.05) is 13.8 Å². The molecule has 0 aliphatic rings. The molecule has 2 aromatic rings. The van der Waals surface area contributed by atoms with Gasteiger partial charge in [0.25, 0.3) is 0 Å². The average Bonchev–Trinajstić information content (AvgIpc) is 2.43. The highest BCUT2D eigenvalue weighted by atomic mass is 127. The maximum atomic E-state index is 4.53. The molecule has 0 amide bonds. The third kappa shape index (κ3) is 1.75. The molecule has 15 heavy (non-hydrogen) atoms. The zero-order valence-electron chi connectivity index (χ0n) is 9.37. The van der Waals surface area contributed by atoms with Crippen LogP contribution in [0, 0.1) is 17.4 Å². The van der Waals surface area contributed by atoms with Crippen molar-refractivity contribution in [3.05, 3.63) is 26.7 Å². The standard InChI is InChI=1S/C11H14IN3/c1-6(2)9-5-7(3)13-11-10(12)8(4)14-15(9)11/h5-6H,1-4H3. The molecule has 0 N–H and O–H groups in total. The lowest BCUT2D eigenvalue weighted by molar-refractivity contribution is 0.741. The van der Waals surface area contributed by atoms with Crippen LogP contribution in [0.1, 0.15) is 36.8 Å². The summed E-state index contributed by atoms with van der Waals surface area (Å²) < 4.78 is 3.12. The summed E-state index contributed by atoms with van der Waals surface area (Å²) in [6.45, 7) is 8.41. The van der Waals surface area contributed by atoms with Crippen molar-refractivity contribution in [2.45, 2.75) is 33.6 Å². The number of rotatable bonds is 1. The molecule has 0 radical (unpaired) electrons. The van der Waals surface area contributed by atoms with Crippen molar-refractivity contribution in [1.82, 2.24) is 14.6 Å². The van der Waals surface area contributed by atoms with E-state index >= 15 is 0 Å². The molecule has 0 spiro atoms. The number of nitrogens with zero attached hydrogens (tertiary/aromatic N) is 3. The summed E-state index contributed by atoms with van der Waals surface area (Å²) >= 11 is 2.31. The first-order chi connectivity index (χ1) is 7.00. The van der Waals surface area contributed by atoms with Crippen LogP contribution >= 0.6 is 22.6 Å². The molecule has 0 saturated carbocycles. The van der Waals surface area contributed by atoms with Gasteiger partial charge in [-0.05, 0) is 48.4 Å². The van der Waals surface area contributed by atoms with Crippen LogP contribution in [0.4, 0.5) is 0 Å². The summed E-state index contributed by atoms with van der Waals surface area (Å²) in [5.74, 6) is 0.462. The van der Waals surface area contributed by atoms with Crippen LogP contribution in [0.15, 0.2) is 6.07 Å². The van der Waals surface area contributed by atoms with Gasteiger partial charge in [-0.2, -0.15) is 5.10 Å². The molecule has 2 aromatic heterocycles. The Morgan fingerprint density at radius 3 is 2.60 bits per heavy atom. The number of aromatic nitrogens is 3. The maximum Gasteiger partial charge on any atom is 0.169 e. The second kappa shape index (κ2) is 3.73. The molecule has 0 unspecified atom stereocenters. The molecule has 2 heterocycles. The van der Waals surface area contributed by atoms with E-state index in [9.17, 15) is 0 Å².